The fraction of sp³-hybridized carbons (Fsp3) is 0.833. The Morgan fingerprint density at radius 2 is 2.08 bits per heavy atom. The largest absolute Gasteiger partial charge is 0.346 e. The summed E-state index contributed by atoms with van der Waals surface area (Å²) < 4.78 is 0. The predicted octanol–water partition coefficient (Wildman–Crippen LogP) is 3.11. The maximum atomic E-state index is 13.2. The monoisotopic (exact) mass is 348 g/mol. The first kappa shape index (κ1) is 16.3. The van der Waals surface area contributed by atoms with Crippen LogP contribution in [0.1, 0.15) is 56.9 Å². The third-order valence-electron chi connectivity index (χ3n) is 6.07. The number of rotatable bonds is 5. The first-order valence-corrected chi connectivity index (χ1v) is 10.4. The molecule has 0 unspecified atom stereocenters. The van der Waals surface area contributed by atoms with Crippen molar-refractivity contribution in [3.05, 3.63) is 5.01 Å². The molecule has 3 heterocycles. The van der Waals surface area contributed by atoms with Gasteiger partial charge in [0.15, 0.2) is 0 Å². The number of aromatic nitrogens is 2. The molecule has 4 rings (SSSR count). The summed E-state index contributed by atoms with van der Waals surface area (Å²) in [6.45, 7) is 5.93. The van der Waals surface area contributed by atoms with Crippen LogP contribution in [0.5, 0.6) is 0 Å². The number of carbonyl (C=O) groups is 1. The quantitative estimate of drug-likeness (QED) is 0.820. The first-order chi connectivity index (χ1) is 11.7. The molecule has 24 heavy (non-hydrogen) atoms. The number of anilines is 1. The number of nitrogens with zero attached hydrogens (tertiary/aromatic N) is 4. The Hall–Kier alpha value is -1.17. The van der Waals surface area contributed by atoms with Crippen LogP contribution in [0.4, 0.5) is 5.13 Å². The van der Waals surface area contributed by atoms with Gasteiger partial charge in [0.1, 0.15) is 5.01 Å². The zero-order chi connectivity index (χ0) is 16.6. The molecule has 5 nitrogen and oxygen atoms in total. The van der Waals surface area contributed by atoms with E-state index in [-0.39, 0.29) is 5.41 Å². The lowest BCUT2D eigenvalue weighted by Crippen LogP contribution is -2.51. The Morgan fingerprint density at radius 1 is 1.21 bits per heavy atom. The third kappa shape index (κ3) is 2.93. The summed E-state index contributed by atoms with van der Waals surface area (Å²) in [6.07, 6.45) is 9.27. The zero-order valence-corrected chi connectivity index (χ0v) is 15.5. The predicted molar refractivity (Wildman–Crippen MR) is 96.3 cm³/mol. The van der Waals surface area contributed by atoms with E-state index in [1.807, 2.05) is 0 Å². The summed E-state index contributed by atoms with van der Waals surface area (Å²) in [7, 11) is 0. The van der Waals surface area contributed by atoms with Crippen molar-refractivity contribution in [1.82, 2.24) is 15.1 Å². The molecular formula is C18H28N4OS. The van der Waals surface area contributed by atoms with Crippen LogP contribution in [0.25, 0.3) is 0 Å². The number of likely N-dealkylation sites (tertiary alicyclic amines) is 1. The van der Waals surface area contributed by atoms with E-state index in [4.69, 9.17) is 0 Å². The van der Waals surface area contributed by atoms with Gasteiger partial charge in [0, 0.05) is 32.6 Å². The van der Waals surface area contributed by atoms with Crippen LogP contribution in [0.2, 0.25) is 0 Å². The molecule has 1 saturated carbocycles. The topological polar surface area (TPSA) is 49.3 Å². The van der Waals surface area contributed by atoms with E-state index < -0.39 is 0 Å². The molecule has 1 aromatic rings. The van der Waals surface area contributed by atoms with Crippen molar-refractivity contribution in [3.8, 4) is 0 Å². The fourth-order valence-corrected chi connectivity index (χ4v) is 5.38. The van der Waals surface area contributed by atoms with Gasteiger partial charge in [-0.2, -0.15) is 0 Å². The molecule has 0 N–H and O–H groups in total. The molecule has 1 atom stereocenters. The van der Waals surface area contributed by atoms with E-state index >= 15 is 0 Å². The summed E-state index contributed by atoms with van der Waals surface area (Å²) in [4.78, 5) is 17.7. The normalized spacial score (nSPS) is 28.0. The molecule has 1 aliphatic carbocycles. The van der Waals surface area contributed by atoms with Crippen LogP contribution in [-0.2, 0) is 11.2 Å². The molecule has 0 aromatic carbocycles. The molecule has 0 radical (unpaired) electrons. The van der Waals surface area contributed by atoms with E-state index in [0.29, 0.717) is 5.91 Å². The highest BCUT2D eigenvalue weighted by Crippen LogP contribution is 2.43. The van der Waals surface area contributed by atoms with Crippen LogP contribution in [-0.4, -0.2) is 47.2 Å². The van der Waals surface area contributed by atoms with Gasteiger partial charge in [-0.15, -0.1) is 10.2 Å². The van der Waals surface area contributed by atoms with Gasteiger partial charge in [0.05, 0.1) is 5.41 Å². The van der Waals surface area contributed by atoms with Gasteiger partial charge in [0.25, 0.3) is 0 Å². The minimum absolute atomic E-state index is 0.154. The molecule has 1 aromatic heterocycles. The standard InChI is InChI=1S/C18H28N4OS/c1-2-5-15-19-20-17(24-15)22-11-9-18(13-22)8-4-10-21(16(18)23)12-14-6-3-7-14/h14H,2-13H2,1H3/t18-/m1/s1. The molecule has 132 valence electrons. The van der Waals surface area contributed by atoms with Crippen molar-refractivity contribution in [2.75, 3.05) is 31.1 Å². The van der Waals surface area contributed by atoms with Gasteiger partial charge in [-0.05, 0) is 44.4 Å². The summed E-state index contributed by atoms with van der Waals surface area (Å²) in [5.74, 6) is 1.18. The smallest absolute Gasteiger partial charge is 0.230 e. The van der Waals surface area contributed by atoms with Gasteiger partial charge in [-0.3, -0.25) is 4.79 Å². The second-order valence-corrected chi connectivity index (χ2v) is 8.87. The van der Waals surface area contributed by atoms with Crippen molar-refractivity contribution in [2.24, 2.45) is 11.3 Å². The maximum Gasteiger partial charge on any atom is 0.230 e. The van der Waals surface area contributed by atoms with Crippen molar-refractivity contribution in [2.45, 2.75) is 58.3 Å². The van der Waals surface area contributed by atoms with Crippen molar-refractivity contribution in [3.63, 3.8) is 0 Å². The number of piperidine rings is 1. The number of amides is 1. The third-order valence-corrected chi connectivity index (χ3v) is 7.12. The lowest BCUT2D eigenvalue weighted by molar-refractivity contribution is -0.146. The molecule has 2 saturated heterocycles. The average molecular weight is 349 g/mol. The minimum Gasteiger partial charge on any atom is -0.346 e. The Balaban J connectivity index is 1.43. The summed E-state index contributed by atoms with van der Waals surface area (Å²) in [6, 6.07) is 0. The van der Waals surface area contributed by atoms with E-state index in [9.17, 15) is 4.79 Å². The fourth-order valence-electron chi connectivity index (χ4n) is 4.42. The highest BCUT2D eigenvalue weighted by Gasteiger charge is 2.49. The summed E-state index contributed by atoms with van der Waals surface area (Å²) in [5, 5.41) is 10.8. The van der Waals surface area contributed by atoms with Crippen LogP contribution in [0, 0.1) is 11.3 Å². The Kier molecular flexibility index (Phi) is 4.50. The molecule has 6 heteroatoms. The van der Waals surface area contributed by atoms with Gasteiger partial charge >= 0.3 is 0 Å². The second kappa shape index (κ2) is 6.62. The Bertz CT molecular complexity index is 600. The van der Waals surface area contributed by atoms with Crippen LogP contribution in [0.3, 0.4) is 0 Å². The zero-order valence-electron chi connectivity index (χ0n) is 14.7. The highest BCUT2D eigenvalue weighted by atomic mass is 32.1. The first-order valence-electron chi connectivity index (χ1n) is 9.57. The lowest BCUT2D eigenvalue weighted by atomic mass is 9.77. The Morgan fingerprint density at radius 3 is 2.83 bits per heavy atom. The maximum absolute atomic E-state index is 13.2. The molecule has 3 fully saturated rings. The van der Waals surface area contributed by atoms with Crippen molar-refractivity contribution >= 4 is 22.4 Å². The molecule has 3 aliphatic rings. The summed E-state index contributed by atoms with van der Waals surface area (Å²) in [5.41, 5.74) is -0.154. The van der Waals surface area contributed by atoms with E-state index in [2.05, 4.69) is 26.9 Å². The van der Waals surface area contributed by atoms with Crippen molar-refractivity contribution < 1.29 is 4.79 Å². The highest BCUT2D eigenvalue weighted by molar-refractivity contribution is 7.15. The summed E-state index contributed by atoms with van der Waals surface area (Å²) >= 11 is 1.71. The number of aryl methyl sites for hydroxylation is 1. The van der Waals surface area contributed by atoms with Gasteiger partial charge < -0.3 is 9.80 Å². The van der Waals surface area contributed by atoms with Crippen LogP contribution >= 0.6 is 11.3 Å². The molecule has 0 bridgehead atoms. The van der Waals surface area contributed by atoms with Gasteiger partial charge in [-0.25, -0.2) is 0 Å². The number of hydrogen-bond donors (Lipinski definition) is 0. The molecule has 1 amide bonds. The van der Waals surface area contributed by atoms with Crippen LogP contribution in [0.15, 0.2) is 0 Å². The molecule has 1 spiro atoms. The molecule has 2 aliphatic heterocycles. The lowest BCUT2D eigenvalue weighted by Gasteiger charge is -2.42. The number of hydrogen-bond acceptors (Lipinski definition) is 5. The van der Waals surface area contributed by atoms with E-state index in [1.54, 1.807) is 11.3 Å². The van der Waals surface area contributed by atoms with Crippen LogP contribution < -0.4 is 4.90 Å². The Labute approximate surface area is 148 Å². The SMILES string of the molecule is CCCc1nnc(N2CC[C@]3(CCCN(CC4CCC4)C3=O)C2)s1. The van der Waals surface area contributed by atoms with E-state index in [1.165, 1.54) is 19.3 Å². The van der Waals surface area contributed by atoms with Gasteiger partial charge in [0.2, 0.25) is 11.0 Å². The minimum atomic E-state index is -0.154. The van der Waals surface area contributed by atoms with Crippen molar-refractivity contribution in [1.29, 1.82) is 0 Å². The average Bonchev–Trinajstić information content (AvgIpc) is 3.15. The number of carbonyl (C=O) groups excluding carboxylic acids is 1. The van der Waals surface area contributed by atoms with E-state index in [0.717, 1.165) is 74.3 Å². The molecular weight excluding hydrogens is 320 g/mol. The second-order valence-electron chi connectivity index (χ2n) is 7.83. The van der Waals surface area contributed by atoms with Gasteiger partial charge in [-0.1, -0.05) is 24.7 Å².